The Balaban J connectivity index is 2.18. The van der Waals surface area contributed by atoms with Crippen molar-refractivity contribution in [3.8, 4) is 0 Å². The quantitative estimate of drug-likeness (QED) is 0.410. The third-order valence-corrected chi connectivity index (χ3v) is 5.65. The zero-order valence-corrected chi connectivity index (χ0v) is 14.4. The van der Waals surface area contributed by atoms with Gasteiger partial charge in [0.2, 0.25) is 0 Å². The molecule has 0 aliphatic carbocycles. The van der Waals surface area contributed by atoms with Crippen molar-refractivity contribution in [2.45, 2.75) is 4.83 Å². The smallest absolute Gasteiger partial charge is 0.0665 e. The van der Waals surface area contributed by atoms with Gasteiger partial charge in [-0.2, -0.15) is 0 Å². The molecule has 0 aliphatic heterocycles. The summed E-state index contributed by atoms with van der Waals surface area (Å²) in [5, 5.41) is 3.23. The summed E-state index contributed by atoms with van der Waals surface area (Å²) in [4.78, 5) is 0.0681. The fourth-order valence-electron chi connectivity index (χ4n) is 2.36. The van der Waals surface area contributed by atoms with E-state index in [0.717, 1.165) is 15.1 Å². The van der Waals surface area contributed by atoms with E-state index in [2.05, 4.69) is 74.3 Å². The second-order valence-corrected chi connectivity index (χ2v) is 6.72. The van der Waals surface area contributed by atoms with Crippen molar-refractivity contribution in [1.82, 2.24) is 0 Å². The predicted molar refractivity (Wildman–Crippen MR) is 93.9 cm³/mol. The standard InChI is InChI=1S/C17H11Br2Cl/c18-15-10-4-9-14(17(15)20)16(19)13-8-3-6-11-5-1-2-7-12(11)13/h1-10,16H. The fourth-order valence-corrected chi connectivity index (χ4v) is 3.88. The summed E-state index contributed by atoms with van der Waals surface area (Å²) < 4.78 is 0.918. The van der Waals surface area contributed by atoms with Crippen LogP contribution >= 0.6 is 43.5 Å². The number of alkyl halides is 1. The second-order valence-electron chi connectivity index (χ2n) is 4.57. The first-order valence-corrected chi connectivity index (χ1v) is 8.33. The summed E-state index contributed by atoms with van der Waals surface area (Å²) in [7, 11) is 0. The van der Waals surface area contributed by atoms with Crippen LogP contribution in [0.25, 0.3) is 10.8 Å². The summed E-state index contributed by atoms with van der Waals surface area (Å²) in [5.41, 5.74) is 2.29. The minimum atomic E-state index is 0.0681. The lowest BCUT2D eigenvalue weighted by atomic mass is 9.98. The number of benzene rings is 3. The number of rotatable bonds is 2. The van der Waals surface area contributed by atoms with E-state index >= 15 is 0 Å². The summed E-state index contributed by atoms with van der Waals surface area (Å²) in [6, 6.07) is 20.7. The SMILES string of the molecule is Clc1c(Br)cccc1C(Br)c1cccc2ccccc12. The largest absolute Gasteiger partial charge is 0.0827 e. The minimum Gasteiger partial charge on any atom is -0.0827 e. The lowest BCUT2D eigenvalue weighted by Crippen LogP contribution is -1.95. The van der Waals surface area contributed by atoms with Gasteiger partial charge in [-0.25, -0.2) is 0 Å². The summed E-state index contributed by atoms with van der Waals surface area (Å²) in [6.45, 7) is 0. The van der Waals surface area contributed by atoms with E-state index in [9.17, 15) is 0 Å². The van der Waals surface area contributed by atoms with Crippen LogP contribution in [0, 0.1) is 0 Å². The molecule has 0 saturated carbocycles. The molecule has 100 valence electrons. The third-order valence-electron chi connectivity index (χ3n) is 3.35. The van der Waals surface area contributed by atoms with Crippen LogP contribution in [0.1, 0.15) is 16.0 Å². The minimum absolute atomic E-state index is 0.0681. The van der Waals surface area contributed by atoms with Crippen molar-refractivity contribution in [3.63, 3.8) is 0 Å². The van der Waals surface area contributed by atoms with E-state index in [1.54, 1.807) is 0 Å². The molecule has 0 radical (unpaired) electrons. The molecule has 0 bridgehead atoms. The highest BCUT2D eigenvalue weighted by molar-refractivity contribution is 9.10. The molecule has 1 atom stereocenters. The third kappa shape index (κ3) is 2.52. The van der Waals surface area contributed by atoms with Crippen LogP contribution in [0.15, 0.2) is 65.1 Å². The number of hydrogen-bond acceptors (Lipinski definition) is 0. The van der Waals surface area contributed by atoms with Gasteiger partial charge in [0, 0.05) is 4.47 Å². The number of halogens is 3. The summed E-state index contributed by atoms with van der Waals surface area (Å²) in [6.07, 6.45) is 0. The van der Waals surface area contributed by atoms with Gasteiger partial charge < -0.3 is 0 Å². The Kier molecular flexibility index (Phi) is 4.16. The molecule has 0 nitrogen and oxygen atoms in total. The van der Waals surface area contributed by atoms with Gasteiger partial charge >= 0.3 is 0 Å². The Morgan fingerprint density at radius 1 is 0.800 bits per heavy atom. The molecule has 0 fully saturated rings. The molecule has 0 saturated heterocycles. The van der Waals surface area contributed by atoms with Crippen LogP contribution in [-0.4, -0.2) is 0 Å². The lowest BCUT2D eigenvalue weighted by molar-refractivity contribution is 1.19. The van der Waals surface area contributed by atoms with Crippen molar-refractivity contribution >= 4 is 54.2 Å². The van der Waals surface area contributed by atoms with Gasteiger partial charge in [-0.15, -0.1) is 0 Å². The van der Waals surface area contributed by atoms with Crippen LogP contribution < -0.4 is 0 Å². The topological polar surface area (TPSA) is 0 Å². The van der Waals surface area contributed by atoms with Crippen LogP contribution in [0.3, 0.4) is 0 Å². The van der Waals surface area contributed by atoms with Gasteiger partial charge in [0.25, 0.3) is 0 Å². The van der Waals surface area contributed by atoms with Crippen molar-refractivity contribution in [1.29, 1.82) is 0 Å². The Labute approximate surface area is 140 Å². The Bertz CT molecular complexity index is 763. The molecule has 3 rings (SSSR count). The highest BCUT2D eigenvalue weighted by Crippen LogP contribution is 2.40. The van der Waals surface area contributed by atoms with Crippen molar-refractivity contribution in [2.24, 2.45) is 0 Å². The first kappa shape index (κ1) is 14.1. The van der Waals surface area contributed by atoms with Crippen molar-refractivity contribution in [3.05, 3.63) is 81.3 Å². The molecule has 0 N–H and O–H groups in total. The lowest BCUT2D eigenvalue weighted by Gasteiger charge is -2.15. The molecular formula is C17H11Br2Cl. The van der Waals surface area contributed by atoms with E-state index in [4.69, 9.17) is 11.6 Å². The second kappa shape index (κ2) is 5.88. The van der Waals surface area contributed by atoms with Gasteiger partial charge in [0.15, 0.2) is 0 Å². The molecule has 0 spiro atoms. The predicted octanol–water partition coefficient (Wildman–Crippen LogP) is 6.74. The van der Waals surface area contributed by atoms with E-state index in [1.807, 2.05) is 18.2 Å². The Morgan fingerprint density at radius 2 is 1.45 bits per heavy atom. The van der Waals surface area contributed by atoms with E-state index in [0.29, 0.717) is 0 Å². The Hall–Kier alpha value is -0.830. The van der Waals surface area contributed by atoms with Crippen molar-refractivity contribution in [2.75, 3.05) is 0 Å². The summed E-state index contributed by atoms with van der Waals surface area (Å²) >= 11 is 13.7. The molecule has 0 amide bonds. The van der Waals surface area contributed by atoms with Gasteiger partial charge in [-0.05, 0) is 43.9 Å². The van der Waals surface area contributed by atoms with E-state index < -0.39 is 0 Å². The first-order chi connectivity index (χ1) is 9.68. The molecule has 0 aromatic heterocycles. The van der Waals surface area contributed by atoms with Crippen LogP contribution in [0.2, 0.25) is 5.02 Å². The zero-order chi connectivity index (χ0) is 14.1. The molecule has 1 unspecified atom stereocenters. The highest BCUT2D eigenvalue weighted by atomic mass is 79.9. The van der Waals surface area contributed by atoms with Gasteiger partial charge in [-0.1, -0.05) is 82.1 Å². The Morgan fingerprint density at radius 3 is 2.30 bits per heavy atom. The number of fused-ring (bicyclic) bond motifs is 1. The number of hydrogen-bond donors (Lipinski definition) is 0. The normalized spacial score (nSPS) is 12.6. The molecule has 0 aliphatic rings. The monoisotopic (exact) mass is 408 g/mol. The molecule has 0 heterocycles. The molecule has 3 aromatic carbocycles. The average molecular weight is 411 g/mol. The first-order valence-electron chi connectivity index (χ1n) is 6.24. The van der Waals surface area contributed by atoms with Gasteiger partial charge in [0.05, 0.1) is 9.85 Å². The van der Waals surface area contributed by atoms with E-state index in [1.165, 1.54) is 16.3 Å². The zero-order valence-electron chi connectivity index (χ0n) is 10.5. The molecule has 20 heavy (non-hydrogen) atoms. The average Bonchev–Trinajstić information content (AvgIpc) is 2.49. The molecule has 3 heteroatoms. The van der Waals surface area contributed by atoms with Crippen LogP contribution in [0.4, 0.5) is 0 Å². The van der Waals surface area contributed by atoms with E-state index in [-0.39, 0.29) is 4.83 Å². The highest BCUT2D eigenvalue weighted by Gasteiger charge is 2.17. The maximum atomic E-state index is 6.41. The maximum absolute atomic E-state index is 6.41. The van der Waals surface area contributed by atoms with Gasteiger partial charge in [-0.3, -0.25) is 0 Å². The van der Waals surface area contributed by atoms with Crippen LogP contribution in [0.5, 0.6) is 0 Å². The molecule has 3 aromatic rings. The molecular weight excluding hydrogens is 399 g/mol. The fraction of sp³-hybridized carbons (Fsp3) is 0.0588. The van der Waals surface area contributed by atoms with Gasteiger partial charge in [0.1, 0.15) is 0 Å². The van der Waals surface area contributed by atoms with Crippen LogP contribution in [-0.2, 0) is 0 Å². The maximum Gasteiger partial charge on any atom is 0.0665 e. The summed E-state index contributed by atoms with van der Waals surface area (Å²) in [5.74, 6) is 0. The van der Waals surface area contributed by atoms with Crippen molar-refractivity contribution < 1.29 is 0 Å².